The lowest BCUT2D eigenvalue weighted by atomic mass is 10.1. The van der Waals surface area contributed by atoms with Crippen LogP contribution in [0.1, 0.15) is 17.3 Å². The summed E-state index contributed by atoms with van der Waals surface area (Å²) in [7, 11) is 0. The molecule has 1 amide bonds. The Hall–Kier alpha value is -2.68. The standard InChI is InChI=1S/C16H16N2O6S/c1-2-18-5-9(15(20)17-10(6-25)16(21)22)14(19)8-3-12-13(4-11(8)18)24-7-23-12/h3-5,10,25H,2,6-7H2,1H3,(H,17,20)(H,21,22)/t10-/m1/s1. The van der Waals surface area contributed by atoms with E-state index < -0.39 is 23.3 Å². The fraction of sp³-hybridized carbons (Fsp3) is 0.312. The third-order valence-electron chi connectivity index (χ3n) is 3.95. The second-order valence-electron chi connectivity index (χ2n) is 5.43. The maximum absolute atomic E-state index is 12.7. The minimum Gasteiger partial charge on any atom is -0.480 e. The second-order valence-corrected chi connectivity index (χ2v) is 5.79. The Morgan fingerprint density at radius 3 is 2.64 bits per heavy atom. The molecule has 1 atom stereocenters. The molecule has 0 radical (unpaired) electrons. The van der Waals surface area contributed by atoms with Gasteiger partial charge >= 0.3 is 5.97 Å². The van der Waals surface area contributed by atoms with Gasteiger partial charge in [-0.1, -0.05) is 0 Å². The van der Waals surface area contributed by atoms with E-state index in [-0.39, 0.29) is 18.1 Å². The van der Waals surface area contributed by atoms with Gasteiger partial charge in [0.1, 0.15) is 11.6 Å². The predicted octanol–water partition coefficient (Wildman–Crippen LogP) is 0.863. The number of nitrogens with one attached hydrogen (secondary N) is 1. The van der Waals surface area contributed by atoms with Crippen LogP contribution in [-0.2, 0) is 11.3 Å². The first-order chi connectivity index (χ1) is 12.0. The molecule has 3 rings (SSSR count). The molecule has 2 N–H and O–H groups in total. The number of aryl methyl sites for hydroxylation is 1. The molecule has 1 aliphatic rings. The third kappa shape index (κ3) is 3.02. The summed E-state index contributed by atoms with van der Waals surface area (Å²) in [5.74, 6) is -1.09. The Labute approximate surface area is 147 Å². The summed E-state index contributed by atoms with van der Waals surface area (Å²) in [6.45, 7) is 2.44. The molecule has 0 bridgehead atoms. The van der Waals surface area contributed by atoms with Crippen LogP contribution in [0.4, 0.5) is 0 Å². The number of nitrogens with zero attached hydrogens (tertiary/aromatic N) is 1. The van der Waals surface area contributed by atoms with E-state index in [1.165, 1.54) is 12.3 Å². The van der Waals surface area contributed by atoms with E-state index in [4.69, 9.17) is 14.6 Å². The summed E-state index contributed by atoms with van der Waals surface area (Å²) in [4.78, 5) is 36.2. The van der Waals surface area contributed by atoms with Gasteiger partial charge in [0.05, 0.1) is 10.9 Å². The Morgan fingerprint density at radius 1 is 1.36 bits per heavy atom. The van der Waals surface area contributed by atoms with E-state index in [0.717, 1.165) is 0 Å². The Bertz CT molecular complexity index is 923. The van der Waals surface area contributed by atoms with E-state index in [1.54, 1.807) is 10.6 Å². The maximum atomic E-state index is 12.7. The molecule has 0 saturated carbocycles. The normalized spacial score (nSPS) is 13.7. The van der Waals surface area contributed by atoms with Gasteiger partial charge in [-0.3, -0.25) is 9.59 Å². The number of benzene rings is 1. The van der Waals surface area contributed by atoms with E-state index in [2.05, 4.69) is 17.9 Å². The van der Waals surface area contributed by atoms with Crippen molar-refractivity contribution in [3.8, 4) is 11.5 Å². The monoisotopic (exact) mass is 364 g/mol. The van der Waals surface area contributed by atoms with Crippen molar-refractivity contribution >= 4 is 35.4 Å². The van der Waals surface area contributed by atoms with Crippen molar-refractivity contribution < 1.29 is 24.2 Å². The number of carbonyl (C=O) groups is 2. The van der Waals surface area contributed by atoms with Gasteiger partial charge < -0.3 is 24.5 Å². The van der Waals surface area contributed by atoms with Crippen molar-refractivity contribution in [2.75, 3.05) is 12.5 Å². The molecule has 0 fully saturated rings. The van der Waals surface area contributed by atoms with Gasteiger partial charge in [0.25, 0.3) is 5.91 Å². The number of hydrogen-bond donors (Lipinski definition) is 3. The highest BCUT2D eigenvalue weighted by molar-refractivity contribution is 7.80. The Balaban J connectivity index is 2.12. The average molecular weight is 364 g/mol. The predicted molar refractivity (Wildman–Crippen MR) is 92.7 cm³/mol. The number of aliphatic carboxylic acids is 1. The zero-order valence-electron chi connectivity index (χ0n) is 13.3. The minimum atomic E-state index is -1.22. The summed E-state index contributed by atoms with van der Waals surface area (Å²) >= 11 is 3.90. The number of fused-ring (bicyclic) bond motifs is 2. The molecule has 0 unspecified atom stereocenters. The van der Waals surface area contributed by atoms with Crippen LogP contribution in [0.5, 0.6) is 11.5 Å². The van der Waals surface area contributed by atoms with E-state index >= 15 is 0 Å². The van der Waals surface area contributed by atoms with Crippen molar-refractivity contribution in [3.05, 3.63) is 34.1 Å². The van der Waals surface area contributed by atoms with Crippen LogP contribution < -0.4 is 20.2 Å². The molecule has 1 aromatic carbocycles. The lowest BCUT2D eigenvalue weighted by Crippen LogP contribution is -2.43. The smallest absolute Gasteiger partial charge is 0.327 e. The van der Waals surface area contributed by atoms with Gasteiger partial charge in [0.15, 0.2) is 11.5 Å². The van der Waals surface area contributed by atoms with E-state index in [0.29, 0.717) is 28.9 Å². The molecule has 0 aliphatic carbocycles. The number of thiol groups is 1. The average Bonchev–Trinajstić information content (AvgIpc) is 3.05. The van der Waals surface area contributed by atoms with Crippen molar-refractivity contribution in [3.63, 3.8) is 0 Å². The lowest BCUT2D eigenvalue weighted by molar-refractivity contribution is -0.138. The number of pyridine rings is 1. The molecule has 1 aromatic heterocycles. The number of rotatable bonds is 5. The quantitative estimate of drug-likeness (QED) is 0.680. The van der Waals surface area contributed by atoms with Crippen LogP contribution in [0, 0.1) is 0 Å². The number of amides is 1. The molecule has 25 heavy (non-hydrogen) atoms. The number of hydrogen-bond acceptors (Lipinski definition) is 6. The highest BCUT2D eigenvalue weighted by Gasteiger charge is 2.23. The molecular formula is C16H16N2O6S. The zero-order valence-corrected chi connectivity index (χ0v) is 14.2. The number of carboxylic acids is 1. The summed E-state index contributed by atoms with van der Waals surface area (Å²) in [6.07, 6.45) is 1.42. The topological polar surface area (TPSA) is 107 Å². The molecule has 9 heteroatoms. The second kappa shape index (κ2) is 6.67. The summed E-state index contributed by atoms with van der Waals surface area (Å²) in [6, 6.07) is 2.05. The van der Waals surface area contributed by atoms with Crippen LogP contribution in [-0.4, -0.2) is 40.1 Å². The van der Waals surface area contributed by atoms with E-state index in [9.17, 15) is 14.4 Å². The fourth-order valence-corrected chi connectivity index (χ4v) is 2.87. The summed E-state index contributed by atoms with van der Waals surface area (Å²) in [5, 5.41) is 11.6. The molecule has 8 nitrogen and oxygen atoms in total. The Kier molecular flexibility index (Phi) is 4.58. The first-order valence-corrected chi connectivity index (χ1v) is 8.20. The van der Waals surface area contributed by atoms with Crippen molar-refractivity contribution in [2.24, 2.45) is 0 Å². The van der Waals surface area contributed by atoms with Gasteiger partial charge in [-0.15, -0.1) is 0 Å². The van der Waals surface area contributed by atoms with Crippen LogP contribution in [0.15, 0.2) is 23.1 Å². The maximum Gasteiger partial charge on any atom is 0.327 e. The van der Waals surface area contributed by atoms with Crippen molar-refractivity contribution in [2.45, 2.75) is 19.5 Å². The third-order valence-corrected chi connectivity index (χ3v) is 4.31. The summed E-state index contributed by atoms with van der Waals surface area (Å²) < 4.78 is 12.3. The number of carbonyl (C=O) groups excluding carboxylic acids is 1. The van der Waals surface area contributed by atoms with Crippen LogP contribution >= 0.6 is 12.6 Å². The fourth-order valence-electron chi connectivity index (χ4n) is 2.62. The molecule has 0 spiro atoms. The molecule has 2 heterocycles. The molecule has 1 aliphatic heterocycles. The molecule has 2 aromatic rings. The van der Waals surface area contributed by atoms with E-state index in [1.807, 2.05) is 6.92 Å². The minimum absolute atomic E-state index is 0.0710. The van der Waals surface area contributed by atoms with Crippen LogP contribution in [0.3, 0.4) is 0 Å². The first-order valence-electron chi connectivity index (χ1n) is 7.57. The van der Waals surface area contributed by atoms with Gasteiger partial charge in [0, 0.05) is 24.6 Å². The highest BCUT2D eigenvalue weighted by Crippen LogP contribution is 2.35. The van der Waals surface area contributed by atoms with Crippen LogP contribution in [0.2, 0.25) is 0 Å². The lowest BCUT2D eigenvalue weighted by Gasteiger charge is -2.14. The van der Waals surface area contributed by atoms with Crippen LogP contribution in [0.25, 0.3) is 10.9 Å². The molecule has 0 saturated heterocycles. The van der Waals surface area contributed by atoms with Gasteiger partial charge in [0.2, 0.25) is 12.2 Å². The number of ether oxygens (including phenoxy) is 2. The van der Waals surface area contributed by atoms with Gasteiger partial charge in [-0.05, 0) is 13.0 Å². The van der Waals surface area contributed by atoms with Gasteiger partial charge in [-0.2, -0.15) is 12.6 Å². The Morgan fingerprint density at radius 2 is 2.04 bits per heavy atom. The number of carboxylic acid groups (broad SMARTS) is 1. The first kappa shape index (κ1) is 17.2. The zero-order chi connectivity index (χ0) is 18.1. The van der Waals surface area contributed by atoms with Gasteiger partial charge in [-0.25, -0.2) is 4.79 Å². The highest BCUT2D eigenvalue weighted by atomic mass is 32.1. The molecular weight excluding hydrogens is 348 g/mol. The largest absolute Gasteiger partial charge is 0.480 e. The number of aromatic nitrogens is 1. The van der Waals surface area contributed by atoms with Crippen molar-refractivity contribution in [1.82, 2.24) is 9.88 Å². The van der Waals surface area contributed by atoms with Crippen molar-refractivity contribution in [1.29, 1.82) is 0 Å². The summed E-state index contributed by atoms with van der Waals surface area (Å²) in [5.41, 5.74) is -0.0302. The molecule has 132 valence electrons. The SMILES string of the molecule is CCn1cc(C(=O)N[C@H](CS)C(=O)O)c(=O)c2cc3c(cc21)OCO3.